The highest BCUT2D eigenvalue weighted by Gasteiger charge is 2.30. The SMILES string of the molecule is CNC(c1cc(OC)ccc1OC)C1CSCCN1C. The van der Waals surface area contributed by atoms with Crippen LogP contribution in [-0.4, -0.2) is 57.3 Å². The van der Waals surface area contributed by atoms with Gasteiger partial charge in [0.25, 0.3) is 0 Å². The summed E-state index contributed by atoms with van der Waals surface area (Å²) >= 11 is 2.01. The van der Waals surface area contributed by atoms with Crippen LogP contribution in [0.25, 0.3) is 0 Å². The van der Waals surface area contributed by atoms with E-state index in [2.05, 4.69) is 23.3 Å². The van der Waals surface area contributed by atoms with E-state index >= 15 is 0 Å². The average molecular weight is 296 g/mol. The van der Waals surface area contributed by atoms with Crippen LogP contribution in [0, 0.1) is 0 Å². The molecular formula is C15H24N2O2S. The predicted octanol–water partition coefficient (Wildman–Crippen LogP) is 2.01. The van der Waals surface area contributed by atoms with Crippen LogP contribution in [0.3, 0.4) is 0 Å². The number of hydrogen-bond acceptors (Lipinski definition) is 5. The van der Waals surface area contributed by atoms with Crippen LogP contribution < -0.4 is 14.8 Å². The van der Waals surface area contributed by atoms with Crippen molar-refractivity contribution in [1.82, 2.24) is 10.2 Å². The summed E-state index contributed by atoms with van der Waals surface area (Å²) in [6, 6.07) is 6.69. The molecule has 1 aromatic rings. The molecule has 1 N–H and O–H groups in total. The fourth-order valence-corrected chi connectivity index (χ4v) is 3.97. The lowest BCUT2D eigenvalue weighted by molar-refractivity contribution is 0.218. The first-order valence-corrected chi connectivity index (χ1v) is 8.04. The molecule has 0 spiro atoms. The second kappa shape index (κ2) is 7.20. The van der Waals surface area contributed by atoms with E-state index in [4.69, 9.17) is 9.47 Å². The molecule has 2 unspecified atom stereocenters. The number of hydrogen-bond donors (Lipinski definition) is 1. The fourth-order valence-electron chi connectivity index (χ4n) is 2.69. The third-order valence-electron chi connectivity index (χ3n) is 3.91. The zero-order valence-electron chi connectivity index (χ0n) is 12.7. The Morgan fingerprint density at radius 1 is 1.35 bits per heavy atom. The van der Waals surface area contributed by atoms with Crippen molar-refractivity contribution >= 4 is 11.8 Å². The molecule has 2 atom stereocenters. The molecule has 5 heteroatoms. The third-order valence-corrected chi connectivity index (χ3v) is 4.96. The van der Waals surface area contributed by atoms with Crippen molar-refractivity contribution in [3.8, 4) is 11.5 Å². The molecule has 1 aliphatic heterocycles. The first-order valence-electron chi connectivity index (χ1n) is 6.88. The van der Waals surface area contributed by atoms with E-state index in [0.29, 0.717) is 6.04 Å². The number of methoxy groups -OCH3 is 2. The van der Waals surface area contributed by atoms with E-state index in [0.717, 1.165) is 29.4 Å². The van der Waals surface area contributed by atoms with Gasteiger partial charge < -0.3 is 14.8 Å². The largest absolute Gasteiger partial charge is 0.497 e. The minimum Gasteiger partial charge on any atom is -0.497 e. The standard InChI is InChI=1S/C15H24N2O2S/c1-16-15(13-10-20-8-7-17(13)2)12-9-11(18-3)5-6-14(12)19-4/h5-6,9,13,15-16H,7-8,10H2,1-4H3. The second-order valence-electron chi connectivity index (χ2n) is 5.00. The van der Waals surface area contributed by atoms with Gasteiger partial charge in [-0.3, -0.25) is 4.90 Å². The Labute approximate surface area is 125 Å². The Kier molecular flexibility index (Phi) is 5.57. The van der Waals surface area contributed by atoms with Crippen molar-refractivity contribution in [2.75, 3.05) is 46.4 Å². The van der Waals surface area contributed by atoms with Gasteiger partial charge in [-0.2, -0.15) is 11.8 Å². The Hall–Kier alpha value is -0.910. The number of benzene rings is 1. The maximum atomic E-state index is 5.53. The number of rotatable bonds is 5. The van der Waals surface area contributed by atoms with Crippen molar-refractivity contribution < 1.29 is 9.47 Å². The van der Waals surface area contributed by atoms with Crippen molar-refractivity contribution in [1.29, 1.82) is 0 Å². The molecule has 1 saturated heterocycles. The molecule has 0 saturated carbocycles. The zero-order valence-corrected chi connectivity index (χ0v) is 13.5. The first kappa shape index (κ1) is 15.5. The summed E-state index contributed by atoms with van der Waals surface area (Å²) in [5.41, 5.74) is 1.16. The molecule has 2 rings (SSSR count). The fraction of sp³-hybridized carbons (Fsp3) is 0.600. The van der Waals surface area contributed by atoms with Crippen LogP contribution in [0.5, 0.6) is 11.5 Å². The monoisotopic (exact) mass is 296 g/mol. The summed E-state index contributed by atoms with van der Waals surface area (Å²) in [6.07, 6.45) is 0. The lowest BCUT2D eigenvalue weighted by Gasteiger charge is -2.38. The molecule has 1 fully saturated rings. The van der Waals surface area contributed by atoms with Gasteiger partial charge in [-0.25, -0.2) is 0 Å². The van der Waals surface area contributed by atoms with Gasteiger partial charge in [-0.05, 0) is 32.3 Å². The highest BCUT2D eigenvalue weighted by atomic mass is 32.2. The summed E-state index contributed by atoms with van der Waals surface area (Å²) in [4.78, 5) is 2.43. The smallest absolute Gasteiger partial charge is 0.123 e. The van der Waals surface area contributed by atoms with E-state index in [1.54, 1.807) is 14.2 Å². The molecule has 112 valence electrons. The lowest BCUT2D eigenvalue weighted by Crippen LogP contribution is -2.47. The number of ether oxygens (including phenoxy) is 2. The van der Waals surface area contributed by atoms with Crippen molar-refractivity contribution in [2.45, 2.75) is 12.1 Å². The summed E-state index contributed by atoms with van der Waals surface area (Å²) < 4.78 is 10.9. The van der Waals surface area contributed by atoms with Crippen LogP contribution in [0.1, 0.15) is 11.6 Å². The topological polar surface area (TPSA) is 33.7 Å². The molecule has 0 aromatic heterocycles. The molecule has 0 bridgehead atoms. The van der Waals surface area contributed by atoms with Crippen molar-refractivity contribution in [3.05, 3.63) is 23.8 Å². The van der Waals surface area contributed by atoms with Gasteiger partial charge in [-0.15, -0.1) is 0 Å². The van der Waals surface area contributed by atoms with Gasteiger partial charge in [0, 0.05) is 29.7 Å². The number of nitrogens with one attached hydrogen (secondary N) is 1. The van der Waals surface area contributed by atoms with E-state index in [-0.39, 0.29) is 6.04 Å². The molecule has 1 aromatic carbocycles. The summed E-state index contributed by atoms with van der Waals surface area (Å²) in [7, 11) is 7.62. The molecule has 1 heterocycles. The number of thioether (sulfide) groups is 1. The maximum absolute atomic E-state index is 5.53. The van der Waals surface area contributed by atoms with Gasteiger partial charge in [0.15, 0.2) is 0 Å². The Morgan fingerprint density at radius 3 is 2.75 bits per heavy atom. The Bertz CT molecular complexity index is 442. The minimum absolute atomic E-state index is 0.234. The van der Waals surface area contributed by atoms with Gasteiger partial charge >= 0.3 is 0 Å². The molecule has 1 aliphatic rings. The van der Waals surface area contributed by atoms with Crippen LogP contribution >= 0.6 is 11.8 Å². The highest BCUT2D eigenvalue weighted by molar-refractivity contribution is 7.99. The van der Waals surface area contributed by atoms with Crippen LogP contribution in [0.15, 0.2) is 18.2 Å². The van der Waals surface area contributed by atoms with Gasteiger partial charge in [0.1, 0.15) is 11.5 Å². The molecule has 0 radical (unpaired) electrons. The average Bonchev–Trinajstić information content (AvgIpc) is 2.49. The van der Waals surface area contributed by atoms with Gasteiger partial charge in [0.2, 0.25) is 0 Å². The minimum atomic E-state index is 0.234. The van der Waals surface area contributed by atoms with Crippen LogP contribution in [0.2, 0.25) is 0 Å². The Balaban J connectivity index is 2.34. The van der Waals surface area contributed by atoms with E-state index in [1.807, 2.05) is 30.9 Å². The molecule has 4 nitrogen and oxygen atoms in total. The lowest BCUT2D eigenvalue weighted by atomic mass is 9.98. The first-order chi connectivity index (χ1) is 9.71. The van der Waals surface area contributed by atoms with Crippen molar-refractivity contribution in [3.63, 3.8) is 0 Å². The van der Waals surface area contributed by atoms with E-state index in [1.165, 1.54) is 5.75 Å². The predicted molar refractivity (Wildman–Crippen MR) is 85.1 cm³/mol. The van der Waals surface area contributed by atoms with Crippen LogP contribution in [0.4, 0.5) is 0 Å². The van der Waals surface area contributed by atoms with Gasteiger partial charge in [0.05, 0.1) is 20.3 Å². The van der Waals surface area contributed by atoms with Crippen LogP contribution in [-0.2, 0) is 0 Å². The molecule has 0 aliphatic carbocycles. The quantitative estimate of drug-likeness (QED) is 0.899. The Morgan fingerprint density at radius 2 is 2.15 bits per heavy atom. The third kappa shape index (κ3) is 3.22. The normalized spacial score (nSPS) is 21.5. The van der Waals surface area contributed by atoms with E-state index in [9.17, 15) is 0 Å². The highest BCUT2D eigenvalue weighted by Crippen LogP contribution is 2.34. The molecule has 20 heavy (non-hydrogen) atoms. The molecular weight excluding hydrogens is 272 g/mol. The maximum Gasteiger partial charge on any atom is 0.123 e. The number of likely N-dealkylation sites (N-methyl/N-ethyl adjacent to an activating group) is 2. The second-order valence-corrected chi connectivity index (χ2v) is 6.15. The number of nitrogens with zero attached hydrogens (tertiary/aromatic N) is 1. The summed E-state index contributed by atoms with van der Waals surface area (Å²) in [6.45, 7) is 1.12. The summed E-state index contributed by atoms with van der Waals surface area (Å²) in [5, 5.41) is 3.45. The summed E-state index contributed by atoms with van der Waals surface area (Å²) in [5.74, 6) is 4.11. The zero-order chi connectivity index (χ0) is 14.5. The van der Waals surface area contributed by atoms with E-state index < -0.39 is 0 Å². The molecule has 0 amide bonds. The van der Waals surface area contributed by atoms with Crippen molar-refractivity contribution in [2.24, 2.45) is 0 Å². The van der Waals surface area contributed by atoms with Gasteiger partial charge in [-0.1, -0.05) is 0 Å².